The number of ether oxygens (including phenoxy) is 1. The number of amidine groups is 2. The average Bonchev–Trinajstić information content (AvgIpc) is 3.47. The minimum Gasteiger partial charge on any atom is -0.492 e. The van der Waals surface area contributed by atoms with Crippen LogP contribution >= 0.6 is 11.8 Å². The van der Waals surface area contributed by atoms with Crippen molar-refractivity contribution >= 4 is 50.7 Å². The van der Waals surface area contributed by atoms with Crippen molar-refractivity contribution in [3.63, 3.8) is 0 Å². The molecular weight excluding hydrogens is 494 g/mol. The Morgan fingerprint density at radius 3 is 2.50 bits per heavy atom. The van der Waals surface area contributed by atoms with E-state index in [2.05, 4.69) is 20.7 Å². The van der Waals surface area contributed by atoms with Crippen LogP contribution in [0.15, 0.2) is 94.5 Å². The number of hydrazone groups is 1. The molecule has 0 radical (unpaired) electrons. The Balaban J connectivity index is 1.32. The summed E-state index contributed by atoms with van der Waals surface area (Å²) in [4.78, 5) is 17.4. The first-order valence-electron chi connectivity index (χ1n) is 12.3. The topological polar surface area (TPSA) is 83.0 Å². The van der Waals surface area contributed by atoms with Gasteiger partial charge in [0.1, 0.15) is 17.4 Å². The molecule has 0 fully saturated rings. The van der Waals surface area contributed by atoms with Crippen molar-refractivity contribution in [2.45, 2.75) is 20.4 Å². The Morgan fingerprint density at radius 1 is 0.974 bits per heavy atom. The van der Waals surface area contributed by atoms with Gasteiger partial charge in [0.25, 0.3) is 5.91 Å². The predicted molar refractivity (Wildman–Crippen MR) is 154 cm³/mol. The lowest BCUT2D eigenvalue weighted by Gasteiger charge is -2.20. The first-order valence-corrected chi connectivity index (χ1v) is 13.1. The van der Waals surface area contributed by atoms with Gasteiger partial charge in [0.2, 0.25) is 5.17 Å². The van der Waals surface area contributed by atoms with Crippen LogP contribution in [-0.4, -0.2) is 38.1 Å². The van der Waals surface area contributed by atoms with Crippen molar-refractivity contribution in [2.24, 2.45) is 10.1 Å². The molecule has 0 unspecified atom stereocenters. The van der Waals surface area contributed by atoms with Crippen LogP contribution in [0.5, 0.6) is 5.75 Å². The molecule has 0 aliphatic carbocycles. The van der Waals surface area contributed by atoms with E-state index < -0.39 is 5.91 Å². The number of benzene rings is 3. The Bertz CT molecular complexity index is 1670. The highest BCUT2D eigenvalue weighted by atomic mass is 32.2. The highest BCUT2D eigenvalue weighted by Crippen LogP contribution is 2.33. The summed E-state index contributed by atoms with van der Waals surface area (Å²) in [5.74, 6) is 0.420. The largest absolute Gasteiger partial charge is 0.492 e. The highest BCUT2D eigenvalue weighted by molar-refractivity contribution is 8.27. The summed E-state index contributed by atoms with van der Waals surface area (Å²) in [5.41, 5.74) is 5.23. The van der Waals surface area contributed by atoms with Crippen molar-refractivity contribution in [1.29, 1.82) is 5.41 Å². The van der Waals surface area contributed by atoms with Gasteiger partial charge in [-0.05, 0) is 49.9 Å². The minimum atomic E-state index is -0.433. The zero-order valence-electron chi connectivity index (χ0n) is 21.0. The molecule has 4 aromatic rings. The quantitative estimate of drug-likeness (QED) is 0.317. The molecule has 1 aromatic heterocycles. The van der Waals surface area contributed by atoms with Crippen molar-refractivity contribution in [3.05, 3.63) is 107 Å². The van der Waals surface area contributed by atoms with E-state index in [1.54, 1.807) is 6.08 Å². The lowest BCUT2D eigenvalue weighted by molar-refractivity contribution is -0.114. The zero-order valence-corrected chi connectivity index (χ0v) is 21.8. The molecule has 7 nitrogen and oxygen atoms in total. The Hall–Kier alpha value is -4.43. The second kappa shape index (κ2) is 9.79. The van der Waals surface area contributed by atoms with Crippen LogP contribution in [0.1, 0.15) is 22.4 Å². The van der Waals surface area contributed by atoms with Gasteiger partial charge in [-0.15, -0.1) is 0 Å². The molecule has 0 saturated carbocycles. The van der Waals surface area contributed by atoms with E-state index in [0.29, 0.717) is 23.4 Å². The van der Waals surface area contributed by atoms with E-state index in [0.717, 1.165) is 39.0 Å². The molecule has 38 heavy (non-hydrogen) atoms. The molecule has 2 aliphatic rings. The van der Waals surface area contributed by atoms with Crippen LogP contribution in [-0.2, 0) is 11.3 Å². The summed E-state index contributed by atoms with van der Waals surface area (Å²) >= 11 is 1.31. The first-order chi connectivity index (χ1) is 18.5. The number of aliphatic imine (C=N–C) groups is 1. The molecule has 8 heteroatoms. The second-order valence-electron chi connectivity index (χ2n) is 9.12. The monoisotopic (exact) mass is 519 g/mol. The number of para-hydroxylation sites is 2. The third-order valence-electron chi connectivity index (χ3n) is 6.65. The van der Waals surface area contributed by atoms with Crippen LogP contribution < -0.4 is 4.74 Å². The van der Waals surface area contributed by atoms with Gasteiger partial charge >= 0.3 is 0 Å². The smallest absolute Gasteiger partial charge is 0.283 e. The van der Waals surface area contributed by atoms with Gasteiger partial charge in [0.15, 0.2) is 5.84 Å². The van der Waals surface area contributed by atoms with Crippen LogP contribution in [0.4, 0.5) is 0 Å². The fourth-order valence-electron chi connectivity index (χ4n) is 4.65. The molecule has 3 heterocycles. The Morgan fingerprint density at radius 2 is 1.71 bits per heavy atom. The maximum atomic E-state index is 13.1. The van der Waals surface area contributed by atoms with Gasteiger partial charge in [-0.25, -0.2) is 0 Å². The van der Waals surface area contributed by atoms with E-state index in [9.17, 15) is 4.79 Å². The summed E-state index contributed by atoms with van der Waals surface area (Å²) in [6.45, 7) is 5.20. The number of aryl methyl sites for hydroxylation is 1. The molecule has 2 aliphatic heterocycles. The standard InChI is InChI=1S/C30H25N5O2S/c1-19-12-14-21(15-13-19)29-33-35-27(31)25(28(36)32-30(35)38-29)18-24-20(2)34(26-11-7-6-10-23(24)26)16-17-37-22-8-4-3-5-9-22/h3-15,18,31H,16-17H2,1-2H3/b25-18-,31-27?. The molecule has 0 bridgehead atoms. The molecule has 3 aromatic carbocycles. The van der Waals surface area contributed by atoms with Gasteiger partial charge in [0, 0.05) is 27.7 Å². The molecule has 0 atom stereocenters. The van der Waals surface area contributed by atoms with Crippen molar-refractivity contribution in [1.82, 2.24) is 9.58 Å². The number of nitrogens with one attached hydrogen (secondary N) is 1. The number of nitrogens with zero attached hydrogens (tertiary/aromatic N) is 4. The molecule has 1 amide bonds. The molecular formula is C30H25N5O2S. The number of carbonyl (C=O) groups is 1. The van der Waals surface area contributed by atoms with Gasteiger partial charge in [-0.2, -0.15) is 15.1 Å². The molecule has 1 N–H and O–H groups in total. The van der Waals surface area contributed by atoms with Crippen molar-refractivity contribution < 1.29 is 9.53 Å². The third kappa shape index (κ3) is 4.33. The fraction of sp³-hybridized carbons (Fsp3) is 0.133. The second-order valence-corrected chi connectivity index (χ2v) is 10.1. The van der Waals surface area contributed by atoms with E-state index >= 15 is 0 Å². The molecule has 0 spiro atoms. The number of hydrogen-bond acceptors (Lipinski definition) is 5. The zero-order chi connectivity index (χ0) is 26.2. The minimum absolute atomic E-state index is 0.0262. The summed E-state index contributed by atoms with van der Waals surface area (Å²) in [6.07, 6.45) is 1.78. The third-order valence-corrected chi connectivity index (χ3v) is 7.61. The van der Waals surface area contributed by atoms with Gasteiger partial charge in [0.05, 0.1) is 12.1 Å². The van der Waals surface area contributed by atoms with Crippen LogP contribution in [0, 0.1) is 19.3 Å². The van der Waals surface area contributed by atoms with E-state index in [4.69, 9.17) is 10.1 Å². The van der Waals surface area contributed by atoms with E-state index in [-0.39, 0.29) is 11.4 Å². The molecule has 6 rings (SSSR count). The van der Waals surface area contributed by atoms with E-state index in [1.807, 2.05) is 86.6 Å². The Labute approximate surface area is 224 Å². The summed E-state index contributed by atoms with van der Waals surface area (Å²) < 4.78 is 8.13. The average molecular weight is 520 g/mol. The maximum absolute atomic E-state index is 13.1. The highest BCUT2D eigenvalue weighted by Gasteiger charge is 2.36. The summed E-state index contributed by atoms with van der Waals surface area (Å²) in [7, 11) is 0. The van der Waals surface area contributed by atoms with Gasteiger partial charge in [-0.1, -0.05) is 66.2 Å². The van der Waals surface area contributed by atoms with Gasteiger partial charge in [-0.3, -0.25) is 10.2 Å². The number of hydrogen-bond donors (Lipinski definition) is 1. The number of fused-ring (bicyclic) bond motifs is 2. The number of amides is 1. The Kier molecular flexibility index (Phi) is 6.17. The lowest BCUT2D eigenvalue weighted by atomic mass is 10.1. The molecule has 188 valence electrons. The van der Waals surface area contributed by atoms with Gasteiger partial charge < -0.3 is 9.30 Å². The normalized spacial score (nSPS) is 16.2. The van der Waals surface area contributed by atoms with E-state index in [1.165, 1.54) is 16.8 Å². The van der Waals surface area contributed by atoms with Crippen LogP contribution in [0.2, 0.25) is 0 Å². The SMILES string of the molecule is Cc1ccc(C2=NN3C(=N)/C(=C/c4c(C)n(CCOc5ccccc5)c5ccccc45)C(=O)N=C3S2)cc1. The number of carbonyl (C=O) groups excluding carboxylic acids is 1. The summed E-state index contributed by atoms with van der Waals surface area (Å²) in [6, 6.07) is 25.8. The van der Waals surface area contributed by atoms with Crippen molar-refractivity contribution in [2.75, 3.05) is 6.61 Å². The molecule has 0 saturated heterocycles. The summed E-state index contributed by atoms with van der Waals surface area (Å²) in [5, 5.41) is 17.0. The van der Waals surface area contributed by atoms with Crippen LogP contribution in [0.3, 0.4) is 0 Å². The number of thioether (sulfide) groups is 1. The maximum Gasteiger partial charge on any atom is 0.283 e. The fourth-order valence-corrected chi connectivity index (χ4v) is 5.55. The number of rotatable bonds is 6. The van der Waals surface area contributed by atoms with Crippen LogP contribution in [0.25, 0.3) is 17.0 Å². The number of aromatic nitrogens is 1. The first kappa shape index (κ1) is 23.9. The van der Waals surface area contributed by atoms with Crippen molar-refractivity contribution in [3.8, 4) is 5.75 Å². The predicted octanol–water partition coefficient (Wildman–Crippen LogP) is 6.00. The lowest BCUT2D eigenvalue weighted by Crippen LogP contribution is -2.35.